The number of aliphatic imine (C=N–C) groups is 1. The van der Waals surface area contributed by atoms with E-state index in [1.54, 1.807) is 6.92 Å². The number of aliphatic hydroxyl groups is 1. The van der Waals surface area contributed by atoms with E-state index < -0.39 is 11.7 Å². The van der Waals surface area contributed by atoms with E-state index >= 15 is 0 Å². The molecule has 2 N–H and O–H groups in total. The van der Waals surface area contributed by atoms with Gasteiger partial charge in [-0.05, 0) is 55.3 Å². The van der Waals surface area contributed by atoms with Crippen molar-refractivity contribution < 1.29 is 19.4 Å². The summed E-state index contributed by atoms with van der Waals surface area (Å²) in [5.41, 5.74) is 0.670. The summed E-state index contributed by atoms with van der Waals surface area (Å²) in [4.78, 5) is 18.4. The fourth-order valence-corrected chi connectivity index (χ4v) is 3.81. The van der Waals surface area contributed by atoms with Gasteiger partial charge in [-0.3, -0.25) is 4.79 Å². The number of amidine groups is 1. The molecule has 0 unspecified atom stereocenters. The van der Waals surface area contributed by atoms with E-state index in [-0.39, 0.29) is 24.0 Å². The standard InChI is InChI=1S/C16H17FN2O3S/c1-9-5-11(17)6-10(14(9)21)7-13-15(22)18-16(23-13)19-4-2-3-12(19)8-20/h5-7,12,20-21H,2-4,8H2,1H3/b13-7-/t12-/m1/s1. The molecule has 0 radical (unpaired) electrons. The molecule has 2 aliphatic heterocycles. The van der Waals surface area contributed by atoms with Gasteiger partial charge in [0.15, 0.2) is 5.17 Å². The number of rotatable bonds is 2. The number of carbonyl (C=O) groups excluding carboxylic acids is 1. The quantitative estimate of drug-likeness (QED) is 0.811. The molecule has 23 heavy (non-hydrogen) atoms. The molecule has 1 atom stereocenters. The number of thioether (sulfide) groups is 1. The third-order valence-electron chi connectivity index (χ3n) is 4.02. The second-order valence-electron chi connectivity index (χ2n) is 5.64. The summed E-state index contributed by atoms with van der Waals surface area (Å²) in [5.74, 6) is -0.923. The van der Waals surface area contributed by atoms with Crippen molar-refractivity contribution in [1.29, 1.82) is 0 Å². The van der Waals surface area contributed by atoms with E-state index in [0.29, 0.717) is 15.6 Å². The smallest absolute Gasteiger partial charge is 0.286 e. The SMILES string of the molecule is Cc1cc(F)cc(/C=C2\SC(N3CCC[C@@H]3CO)=NC2=O)c1O. The van der Waals surface area contributed by atoms with E-state index in [0.717, 1.165) is 19.4 Å². The molecule has 0 aromatic heterocycles. The lowest BCUT2D eigenvalue weighted by atomic mass is 10.1. The van der Waals surface area contributed by atoms with Gasteiger partial charge in [-0.1, -0.05) is 0 Å². The van der Waals surface area contributed by atoms with Crippen LogP contribution in [-0.4, -0.2) is 45.4 Å². The van der Waals surface area contributed by atoms with Crippen molar-refractivity contribution in [3.63, 3.8) is 0 Å². The van der Waals surface area contributed by atoms with Crippen molar-refractivity contribution in [3.05, 3.63) is 34.0 Å². The van der Waals surface area contributed by atoms with Gasteiger partial charge in [0.25, 0.3) is 5.91 Å². The summed E-state index contributed by atoms with van der Waals surface area (Å²) in [5, 5.41) is 20.0. The van der Waals surface area contributed by atoms with Crippen LogP contribution in [0.15, 0.2) is 22.0 Å². The Morgan fingerprint density at radius 1 is 1.52 bits per heavy atom. The molecule has 0 saturated carbocycles. The number of phenolic OH excluding ortho intramolecular Hbond substituents is 1. The fraction of sp³-hybridized carbons (Fsp3) is 0.375. The van der Waals surface area contributed by atoms with Crippen LogP contribution in [0.1, 0.15) is 24.0 Å². The number of amides is 1. The second kappa shape index (κ2) is 6.33. The molecule has 7 heteroatoms. The number of hydrogen-bond donors (Lipinski definition) is 2. The summed E-state index contributed by atoms with van der Waals surface area (Å²) in [6, 6.07) is 2.41. The van der Waals surface area contributed by atoms with Crippen molar-refractivity contribution in [1.82, 2.24) is 4.90 Å². The number of likely N-dealkylation sites (tertiary alicyclic amines) is 1. The molecule has 1 amide bonds. The normalized spacial score (nSPS) is 23.0. The fourth-order valence-electron chi connectivity index (χ4n) is 2.81. The highest BCUT2D eigenvalue weighted by Crippen LogP contribution is 2.35. The Morgan fingerprint density at radius 3 is 3.04 bits per heavy atom. The first-order valence-electron chi connectivity index (χ1n) is 7.38. The average molecular weight is 336 g/mol. The van der Waals surface area contributed by atoms with Crippen molar-refractivity contribution in [2.45, 2.75) is 25.8 Å². The topological polar surface area (TPSA) is 73.1 Å². The van der Waals surface area contributed by atoms with E-state index in [1.807, 2.05) is 4.90 Å². The maximum atomic E-state index is 13.5. The van der Waals surface area contributed by atoms with Crippen LogP contribution in [0, 0.1) is 12.7 Å². The molecule has 122 valence electrons. The monoisotopic (exact) mass is 336 g/mol. The Balaban J connectivity index is 1.85. The zero-order valence-electron chi connectivity index (χ0n) is 12.6. The number of halogens is 1. The first kappa shape index (κ1) is 16.0. The lowest BCUT2D eigenvalue weighted by molar-refractivity contribution is -0.113. The molecular weight excluding hydrogens is 319 g/mol. The third-order valence-corrected chi connectivity index (χ3v) is 5.04. The first-order valence-corrected chi connectivity index (χ1v) is 8.20. The van der Waals surface area contributed by atoms with Crippen molar-refractivity contribution in [3.8, 4) is 5.75 Å². The Labute approximate surface area is 137 Å². The Hall–Kier alpha value is -1.86. The molecule has 1 saturated heterocycles. The van der Waals surface area contributed by atoms with Crippen LogP contribution in [0.3, 0.4) is 0 Å². The van der Waals surface area contributed by atoms with Crippen LogP contribution in [0.5, 0.6) is 5.75 Å². The zero-order chi connectivity index (χ0) is 16.6. The lowest BCUT2D eigenvalue weighted by Gasteiger charge is -2.23. The third kappa shape index (κ3) is 3.11. The van der Waals surface area contributed by atoms with Gasteiger partial charge < -0.3 is 15.1 Å². The molecule has 0 aliphatic carbocycles. The summed E-state index contributed by atoms with van der Waals surface area (Å²) < 4.78 is 13.5. The minimum Gasteiger partial charge on any atom is -0.507 e. The first-order chi connectivity index (χ1) is 11.0. The number of aromatic hydroxyl groups is 1. The molecule has 2 heterocycles. The Bertz CT molecular complexity index is 718. The molecule has 0 bridgehead atoms. The summed E-state index contributed by atoms with van der Waals surface area (Å²) in [7, 11) is 0. The second-order valence-corrected chi connectivity index (χ2v) is 6.65. The van der Waals surface area contributed by atoms with Gasteiger partial charge in [0, 0.05) is 12.1 Å². The van der Waals surface area contributed by atoms with E-state index in [2.05, 4.69) is 4.99 Å². The van der Waals surface area contributed by atoms with Crippen molar-refractivity contribution in [2.24, 2.45) is 4.99 Å². The highest BCUT2D eigenvalue weighted by molar-refractivity contribution is 8.18. The Morgan fingerprint density at radius 2 is 2.30 bits per heavy atom. The predicted octanol–water partition coefficient (Wildman–Crippen LogP) is 2.27. The van der Waals surface area contributed by atoms with Crippen molar-refractivity contribution >= 4 is 28.9 Å². The van der Waals surface area contributed by atoms with E-state index in [9.17, 15) is 19.4 Å². The molecule has 2 aliphatic rings. The lowest BCUT2D eigenvalue weighted by Crippen LogP contribution is -2.35. The van der Waals surface area contributed by atoms with Crippen LogP contribution >= 0.6 is 11.8 Å². The molecule has 1 aromatic carbocycles. The number of aliphatic hydroxyl groups excluding tert-OH is 1. The van der Waals surface area contributed by atoms with Gasteiger partial charge >= 0.3 is 0 Å². The molecule has 1 aromatic rings. The number of aryl methyl sites for hydroxylation is 1. The number of nitrogens with zero attached hydrogens (tertiary/aromatic N) is 2. The highest BCUT2D eigenvalue weighted by Gasteiger charge is 2.32. The minimum absolute atomic E-state index is 0.0155. The molecule has 3 rings (SSSR count). The van der Waals surface area contributed by atoms with Gasteiger partial charge in [0.1, 0.15) is 11.6 Å². The van der Waals surface area contributed by atoms with Crippen LogP contribution < -0.4 is 0 Å². The maximum Gasteiger partial charge on any atom is 0.286 e. The Kier molecular flexibility index (Phi) is 4.41. The predicted molar refractivity (Wildman–Crippen MR) is 87.6 cm³/mol. The summed E-state index contributed by atoms with van der Waals surface area (Å²) in [6.45, 7) is 2.38. The number of phenols is 1. The summed E-state index contributed by atoms with van der Waals surface area (Å²) in [6.07, 6.45) is 3.27. The molecular formula is C16H17FN2O3S. The molecule has 5 nitrogen and oxygen atoms in total. The van der Waals surface area contributed by atoms with Gasteiger partial charge in [0.05, 0.1) is 17.6 Å². The van der Waals surface area contributed by atoms with Crippen LogP contribution in [0.25, 0.3) is 6.08 Å². The van der Waals surface area contributed by atoms with Crippen molar-refractivity contribution in [2.75, 3.05) is 13.2 Å². The van der Waals surface area contributed by atoms with E-state index in [1.165, 1.54) is 30.0 Å². The van der Waals surface area contributed by atoms with Crippen LogP contribution in [0.4, 0.5) is 4.39 Å². The number of hydrogen-bond acceptors (Lipinski definition) is 5. The molecule has 1 fully saturated rings. The van der Waals surface area contributed by atoms with E-state index in [4.69, 9.17) is 0 Å². The zero-order valence-corrected chi connectivity index (χ0v) is 13.4. The highest BCUT2D eigenvalue weighted by atomic mass is 32.2. The largest absolute Gasteiger partial charge is 0.507 e. The van der Waals surface area contributed by atoms with Gasteiger partial charge in [-0.15, -0.1) is 0 Å². The minimum atomic E-state index is -0.469. The number of carbonyl (C=O) groups is 1. The maximum absolute atomic E-state index is 13.5. The summed E-state index contributed by atoms with van der Waals surface area (Å²) >= 11 is 1.19. The molecule has 0 spiro atoms. The van der Waals surface area contributed by atoms with Gasteiger partial charge in [0.2, 0.25) is 0 Å². The van der Waals surface area contributed by atoms with Crippen LogP contribution in [-0.2, 0) is 4.79 Å². The number of benzene rings is 1. The van der Waals surface area contributed by atoms with Crippen LogP contribution in [0.2, 0.25) is 0 Å². The van der Waals surface area contributed by atoms with Gasteiger partial charge in [-0.2, -0.15) is 4.99 Å². The van der Waals surface area contributed by atoms with Gasteiger partial charge in [-0.25, -0.2) is 4.39 Å². The average Bonchev–Trinajstić information content (AvgIpc) is 3.11.